The van der Waals surface area contributed by atoms with Gasteiger partial charge >= 0.3 is 0 Å². The Bertz CT molecular complexity index is 964. The maximum Gasteiger partial charge on any atom is 0.233 e. The summed E-state index contributed by atoms with van der Waals surface area (Å²) in [5, 5.41) is 0. The standard InChI is InChI=1S/C26H29FN2O3/c27-21-8-6-19(7-9-21)22-18-23(22)24(30)28-12-14-29(15-13-28)25(31)26(10-16-32-17-11-26)20-4-2-1-3-5-20/h1-9,22-23H,10-18H2/t22-,23+/m1/s1. The van der Waals surface area contributed by atoms with Crippen LogP contribution >= 0.6 is 0 Å². The van der Waals surface area contributed by atoms with E-state index < -0.39 is 5.41 Å². The number of carbonyl (C=O) groups excluding carboxylic acids is 2. The lowest BCUT2D eigenvalue weighted by molar-refractivity contribution is -0.146. The first-order valence-corrected chi connectivity index (χ1v) is 11.6. The highest BCUT2D eigenvalue weighted by Crippen LogP contribution is 2.48. The smallest absolute Gasteiger partial charge is 0.233 e. The number of hydrogen-bond donors (Lipinski definition) is 0. The van der Waals surface area contributed by atoms with E-state index in [-0.39, 0.29) is 29.5 Å². The number of rotatable bonds is 4. The Labute approximate surface area is 188 Å². The Morgan fingerprint density at radius 2 is 1.50 bits per heavy atom. The van der Waals surface area contributed by atoms with Crippen LogP contribution in [0.25, 0.3) is 0 Å². The van der Waals surface area contributed by atoms with Gasteiger partial charge in [0.05, 0.1) is 5.41 Å². The summed E-state index contributed by atoms with van der Waals surface area (Å²) in [5.74, 6) is 0.237. The summed E-state index contributed by atoms with van der Waals surface area (Å²) in [6, 6.07) is 16.5. The highest BCUT2D eigenvalue weighted by molar-refractivity contribution is 5.89. The Hall–Kier alpha value is -2.73. The second-order valence-electron chi connectivity index (χ2n) is 9.18. The molecule has 2 atom stereocenters. The molecule has 5 rings (SSSR count). The zero-order valence-corrected chi connectivity index (χ0v) is 18.2. The minimum absolute atomic E-state index is 0.0196. The van der Waals surface area contributed by atoms with Crippen molar-refractivity contribution in [2.75, 3.05) is 39.4 Å². The highest BCUT2D eigenvalue weighted by atomic mass is 19.1. The van der Waals surface area contributed by atoms with Crippen LogP contribution in [0.5, 0.6) is 0 Å². The molecule has 3 fully saturated rings. The fraction of sp³-hybridized carbons (Fsp3) is 0.462. The maximum atomic E-state index is 13.7. The van der Waals surface area contributed by atoms with Crippen LogP contribution in [-0.2, 0) is 19.7 Å². The molecule has 2 aliphatic heterocycles. The molecule has 0 radical (unpaired) electrons. The van der Waals surface area contributed by atoms with E-state index in [0.717, 1.165) is 17.5 Å². The third kappa shape index (κ3) is 3.92. The van der Waals surface area contributed by atoms with Crippen molar-refractivity contribution in [1.29, 1.82) is 0 Å². The average Bonchev–Trinajstić information content (AvgIpc) is 3.66. The molecule has 2 aromatic rings. The lowest BCUT2D eigenvalue weighted by atomic mass is 9.73. The van der Waals surface area contributed by atoms with E-state index in [2.05, 4.69) is 0 Å². The van der Waals surface area contributed by atoms with Crippen LogP contribution in [0.4, 0.5) is 4.39 Å². The van der Waals surface area contributed by atoms with Gasteiger partial charge in [0.1, 0.15) is 5.82 Å². The van der Waals surface area contributed by atoms with E-state index in [1.807, 2.05) is 40.1 Å². The Morgan fingerprint density at radius 1 is 0.875 bits per heavy atom. The molecule has 0 bridgehead atoms. The minimum atomic E-state index is -0.532. The fourth-order valence-electron chi connectivity index (χ4n) is 5.32. The van der Waals surface area contributed by atoms with Crippen molar-refractivity contribution >= 4 is 11.8 Å². The quantitative estimate of drug-likeness (QED) is 0.739. The predicted molar refractivity (Wildman–Crippen MR) is 119 cm³/mol. The van der Waals surface area contributed by atoms with Gasteiger partial charge in [-0.1, -0.05) is 42.5 Å². The van der Waals surface area contributed by atoms with Gasteiger partial charge in [0, 0.05) is 45.3 Å². The number of halogens is 1. The zero-order chi connectivity index (χ0) is 22.1. The molecule has 0 N–H and O–H groups in total. The summed E-state index contributed by atoms with van der Waals surface area (Å²) in [6.07, 6.45) is 2.20. The summed E-state index contributed by atoms with van der Waals surface area (Å²) in [4.78, 5) is 30.5. The van der Waals surface area contributed by atoms with Crippen molar-refractivity contribution in [3.05, 3.63) is 71.5 Å². The van der Waals surface area contributed by atoms with E-state index in [1.54, 1.807) is 12.1 Å². The monoisotopic (exact) mass is 436 g/mol. The molecule has 32 heavy (non-hydrogen) atoms. The Kier molecular flexibility index (Phi) is 5.72. The van der Waals surface area contributed by atoms with Crippen molar-refractivity contribution in [3.8, 4) is 0 Å². The van der Waals surface area contributed by atoms with Crippen LogP contribution in [0.1, 0.15) is 36.3 Å². The molecule has 1 aliphatic carbocycles. The molecular formula is C26H29FN2O3. The van der Waals surface area contributed by atoms with Gasteiger partial charge in [-0.2, -0.15) is 0 Å². The van der Waals surface area contributed by atoms with Crippen molar-refractivity contribution in [2.45, 2.75) is 30.6 Å². The molecule has 0 unspecified atom stereocenters. The molecule has 2 amide bonds. The predicted octanol–water partition coefficient (Wildman–Crippen LogP) is 3.35. The van der Waals surface area contributed by atoms with Crippen LogP contribution < -0.4 is 0 Å². The number of hydrogen-bond acceptors (Lipinski definition) is 3. The van der Waals surface area contributed by atoms with E-state index >= 15 is 0 Å². The van der Waals surface area contributed by atoms with Crippen LogP contribution in [0.3, 0.4) is 0 Å². The van der Waals surface area contributed by atoms with Crippen LogP contribution in [0, 0.1) is 11.7 Å². The summed E-state index contributed by atoms with van der Waals surface area (Å²) in [6.45, 7) is 3.44. The van der Waals surface area contributed by atoms with Gasteiger partial charge in [0.15, 0.2) is 0 Å². The van der Waals surface area contributed by atoms with Gasteiger partial charge in [-0.15, -0.1) is 0 Å². The minimum Gasteiger partial charge on any atom is -0.381 e. The fourth-order valence-corrected chi connectivity index (χ4v) is 5.32. The van der Waals surface area contributed by atoms with Crippen molar-refractivity contribution in [2.24, 2.45) is 5.92 Å². The van der Waals surface area contributed by atoms with Gasteiger partial charge in [0.2, 0.25) is 11.8 Å². The molecule has 168 valence electrons. The van der Waals surface area contributed by atoms with E-state index in [4.69, 9.17) is 4.74 Å². The van der Waals surface area contributed by atoms with Crippen molar-refractivity contribution in [3.63, 3.8) is 0 Å². The van der Waals surface area contributed by atoms with E-state index in [0.29, 0.717) is 52.2 Å². The van der Waals surface area contributed by atoms with Crippen molar-refractivity contribution in [1.82, 2.24) is 9.80 Å². The first kappa shape index (κ1) is 21.1. The highest BCUT2D eigenvalue weighted by Gasteiger charge is 2.48. The topological polar surface area (TPSA) is 49.9 Å². The lowest BCUT2D eigenvalue weighted by Crippen LogP contribution is -2.57. The van der Waals surface area contributed by atoms with E-state index in [1.165, 1.54) is 12.1 Å². The maximum absolute atomic E-state index is 13.7. The van der Waals surface area contributed by atoms with E-state index in [9.17, 15) is 14.0 Å². The number of benzene rings is 2. The molecule has 2 saturated heterocycles. The lowest BCUT2D eigenvalue weighted by Gasteiger charge is -2.43. The normalized spacial score (nSPS) is 24.8. The molecule has 6 heteroatoms. The summed E-state index contributed by atoms with van der Waals surface area (Å²) in [7, 11) is 0. The molecule has 2 heterocycles. The zero-order valence-electron chi connectivity index (χ0n) is 18.2. The number of nitrogens with zero attached hydrogens (tertiary/aromatic N) is 2. The summed E-state index contributed by atoms with van der Waals surface area (Å²) in [5.41, 5.74) is 1.56. The molecule has 0 spiro atoms. The molecular weight excluding hydrogens is 407 g/mol. The molecule has 5 nitrogen and oxygen atoms in total. The SMILES string of the molecule is O=C([C@H]1C[C@@H]1c1ccc(F)cc1)N1CCN(C(=O)C2(c3ccccc3)CCOCC2)CC1. The summed E-state index contributed by atoms with van der Waals surface area (Å²) >= 11 is 0. The van der Waals surface area contributed by atoms with Gasteiger partial charge in [-0.3, -0.25) is 9.59 Å². The van der Waals surface area contributed by atoms with Crippen LogP contribution in [-0.4, -0.2) is 61.0 Å². The van der Waals surface area contributed by atoms with Gasteiger partial charge in [-0.05, 0) is 48.4 Å². The molecule has 0 aromatic heterocycles. The first-order valence-electron chi connectivity index (χ1n) is 11.6. The first-order chi connectivity index (χ1) is 15.6. The number of amides is 2. The second kappa shape index (κ2) is 8.66. The molecule has 3 aliphatic rings. The Morgan fingerprint density at radius 3 is 2.16 bits per heavy atom. The third-order valence-corrected chi connectivity index (χ3v) is 7.37. The Balaban J connectivity index is 1.22. The average molecular weight is 437 g/mol. The van der Waals surface area contributed by atoms with Gasteiger partial charge in [-0.25, -0.2) is 4.39 Å². The number of piperazine rings is 1. The van der Waals surface area contributed by atoms with Gasteiger partial charge in [0.25, 0.3) is 0 Å². The van der Waals surface area contributed by atoms with Gasteiger partial charge < -0.3 is 14.5 Å². The van der Waals surface area contributed by atoms with Crippen molar-refractivity contribution < 1.29 is 18.7 Å². The largest absolute Gasteiger partial charge is 0.381 e. The third-order valence-electron chi connectivity index (χ3n) is 7.37. The molecule has 2 aromatic carbocycles. The van der Waals surface area contributed by atoms with Crippen LogP contribution in [0.2, 0.25) is 0 Å². The molecule has 1 saturated carbocycles. The summed E-state index contributed by atoms with van der Waals surface area (Å²) < 4.78 is 18.7. The second-order valence-corrected chi connectivity index (χ2v) is 9.18. The number of ether oxygens (including phenoxy) is 1. The number of carbonyl (C=O) groups is 2. The van der Waals surface area contributed by atoms with Crippen LogP contribution in [0.15, 0.2) is 54.6 Å².